The van der Waals surface area contributed by atoms with Gasteiger partial charge in [0, 0.05) is 82.9 Å². The van der Waals surface area contributed by atoms with Crippen molar-refractivity contribution in [2.45, 2.75) is 105 Å². The third-order valence-electron chi connectivity index (χ3n) is 23.7. The van der Waals surface area contributed by atoms with E-state index in [1.165, 1.54) is 22.3 Å². The van der Waals surface area contributed by atoms with E-state index in [4.69, 9.17) is 8.53 Å². The number of rotatable bonds is 8. The lowest BCUT2D eigenvalue weighted by Gasteiger charge is -2.44. The highest BCUT2D eigenvalue weighted by Crippen LogP contribution is 2.52. The Morgan fingerprint density at radius 1 is 0.257 bits per heavy atom. The first-order valence-corrected chi connectivity index (χ1v) is 39.0. The second-order valence-corrected chi connectivity index (χ2v) is 34.8. The lowest BCUT2D eigenvalue weighted by molar-refractivity contribution is 0.590. The molecule has 7 heteroatoms. The average molecular weight is 1470 g/mol. The zero-order chi connectivity index (χ0) is 88.2. The molecule has 0 amide bonds. The van der Waals surface area contributed by atoms with Gasteiger partial charge in [0.05, 0.1) is 62.3 Å². The minimum atomic E-state index is -0.737. The molecule has 2 aliphatic rings. The Labute approximate surface area is 679 Å². The Bertz CT molecular complexity index is 7710. The van der Waals surface area contributed by atoms with Gasteiger partial charge in [-0.15, -0.1) is 0 Å². The monoisotopic (exact) mass is 1470 g/mol. The lowest BCUT2D eigenvalue weighted by Crippen LogP contribution is -2.61. The second kappa shape index (κ2) is 24.8. The predicted octanol–water partition coefficient (Wildman–Crippen LogP) is 27.2. The molecule has 15 aromatic carbocycles. The first-order valence-electron chi connectivity index (χ1n) is 45.5. The SMILES string of the molecule is [2H]c1c([2H])c([2H])c(-c2cc3c4c(c2)N(c2cccc5c2oc2c(-n6c7ccc(C(C)(C)C)cc7c7cc(C(C)(C)C)ccc76)cccc25)c2cc(-n5c6c([2H])c([2H])c([2H])c([2H])c6c6c([2H])c([2H])c([2H])c([2H])c65)ccc2B4c2ccc(-n4c5ccc(C(C)(C)C)cc5c5cc(C(C)(C)C)ccc54)cc2N3c2cc(-c3ccccc3)cc(-c3ccccc3)c2)c([2H])c1[2H]. The van der Waals surface area contributed by atoms with Crippen LogP contribution in [0.1, 0.15) is 123 Å². The van der Waals surface area contributed by atoms with Crippen LogP contribution in [0.25, 0.3) is 138 Å². The van der Waals surface area contributed by atoms with Crippen LogP contribution in [0.4, 0.5) is 34.1 Å². The van der Waals surface area contributed by atoms with Gasteiger partial charge in [-0.05, 0) is 221 Å². The first kappa shape index (κ1) is 55.5. The number of hydrogen-bond donors (Lipinski definition) is 0. The Morgan fingerprint density at radius 2 is 0.655 bits per heavy atom. The second-order valence-electron chi connectivity index (χ2n) is 34.8. The molecular formula is C106H88BN5O. The van der Waals surface area contributed by atoms with Crippen LogP contribution in [0.3, 0.4) is 0 Å². The van der Waals surface area contributed by atoms with Gasteiger partial charge in [0.1, 0.15) is 0 Å². The number of para-hydroxylation sites is 4. The summed E-state index contributed by atoms with van der Waals surface area (Å²) in [7, 11) is 0. The van der Waals surface area contributed by atoms with Crippen LogP contribution >= 0.6 is 0 Å². The Kier molecular flexibility index (Phi) is 12.2. The summed E-state index contributed by atoms with van der Waals surface area (Å²) in [6.45, 7) is 26.1. The van der Waals surface area contributed by atoms with Crippen LogP contribution in [-0.2, 0) is 21.7 Å². The molecule has 6 nitrogen and oxygen atoms in total. The molecule has 0 spiro atoms. The predicted molar refractivity (Wildman–Crippen MR) is 482 cm³/mol. The normalized spacial score (nSPS) is 14.9. The zero-order valence-corrected chi connectivity index (χ0v) is 65.2. The van der Waals surface area contributed by atoms with Gasteiger partial charge in [-0.1, -0.05) is 271 Å². The fourth-order valence-corrected chi connectivity index (χ4v) is 17.9. The van der Waals surface area contributed by atoms with Crippen molar-refractivity contribution in [2.75, 3.05) is 9.80 Å². The van der Waals surface area contributed by atoms with Gasteiger partial charge in [0.25, 0.3) is 6.71 Å². The van der Waals surface area contributed by atoms with Crippen molar-refractivity contribution in [2.24, 2.45) is 0 Å². The molecule has 4 aromatic heterocycles. The summed E-state index contributed by atoms with van der Waals surface area (Å²) < 4.78 is 138. The zero-order valence-electron chi connectivity index (χ0n) is 78.2. The van der Waals surface area contributed by atoms with E-state index in [1.54, 1.807) is 4.57 Å². The molecule has 21 rings (SSSR count). The molecule has 0 aliphatic carbocycles. The third-order valence-corrected chi connectivity index (χ3v) is 23.7. The number of nitrogens with zero attached hydrogens (tertiary/aromatic N) is 5. The van der Waals surface area contributed by atoms with Gasteiger partial charge in [0.15, 0.2) is 11.2 Å². The third kappa shape index (κ3) is 10.7. The van der Waals surface area contributed by atoms with E-state index in [0.717, 1.165) is 116 Å². The van der Waals surface area contributed by atoms with E-state index in [-0.39, 0.29) is 60.3 Å². The first-order chi connectivity index (χ1) is 60.0. The van der Waals surface area contributed by atoms with E-state index in [1.807, 2.05) is 78.9 Å². The standard InChI is InChI=1S/C106H88BN5O/c1-103(2,3)71-42-50-90-82(59-71)83-60-72(104(4,5)6)43-51-91(83)109(90)75-46-48-86-96(63-75)110(77-55-68(65-28-16-13-17-29-65)54-69(56-77)66-30-18-14-19-31-66)98-57-70(67-32-20-15-21-33-67)58-99-100(98)107(86)87-49-47-76(108-88-38-24-22-34-78(88)79-35-23-25-39-89(79)108)64-97(87)112(99)95-41-27-37-81-80-36-26-40-94(101(80)113-102(81)95)111-92-52-44-73(105(7,8)9)61-84(92)85-62-74(106(10,11)12)45-53-93(85)111/h13-64H,1-12H3/i15D,20D,21D,22D,23D,24D,25D,32D,33D,34D,35D,38D,39D. The number of benzene rings is 15. The van der Waals surface area contributed by atoms with E-state index in [2.05, 4.69) is 260 Å². The summed E-state index contributed by atoms with van der Waals surface area (Å²) in [4.78, 5) is 4.40. The van der Waals surface area contributed by atoms with Gasteiger partial charge in [-0.25, -0.2) is 0 Å². The van der Waals surface area contributed by atoms with Crippen LogP contribution in [0.15, 0.2) is 320 Å². The molecule has 113 heavy (non-hydrogen) atoms. The van der Waals surface area contributed by atoms with E-state index < -0.39 is 85.3 Å². The molecule has 546 valence electrons. The van der Waals surface area contributed by atoms with Crippen molar-refractivity contribution in [3.8, 4) is 50.4 Å². The quantitative estimate of drug-likeness (QED) is 0.142. The lowest BCUT2D eigenvalue weighted by atomic mass is 9.33. The smallest absolute Gasteiger partial charge is 0.252 e. The highest BCUT2D eigenvalue weighted by molar-refractivity contribution is 7.00. The molecule has 0 saturated heterocycles. The fraction of sp³-hybridized carbons (Fsp3) is 0.151. The Hall–Kier alpha value is -12.8. The maximum absolute atomic E-state index is 10.1. The largest absolute Gasteiger partial charge is 0.452 e. The fourth-order valence-electron chi connectivity index (χ4n) is 17.9. The summed E-state index contributed by atoms with van der Waals surface area (Å²) in [6.07, 6.45) is 0. The van der Waals surface area contributed by atoms with Crippen LogP contribution in [0, 0.1) is 0 Å². The number of fused-ring (bicyclic) bond motifs is 16. The minimum Gasteiger partial charge on any atom is -0.452 e. The van der Waals surface area contributed by atoms with Gasteiger partial charge >= 0.3 is 0 Å². The van der Waals surface area contributed by atoms with Gasteiger partial charge in [0.2, 0.25) is 0 Å². The molecule has 0 radical (unpaired) electrons. The highest BCUT2D eigenvalue weighted by Gasteiger charge is 2.45. The molecule has 6 heterocycles. The highest BCUT2D eigenvalue weighted by atomic mass is 16.3. The number of anilines is 6. The van der Waals surface area contributed by atoms with Gasteiger partial charge < -0.3 is 27.9 Å². The van der Waals surface area contributed by atoms with Crippen molar-refractivity contribution in [3.63, 3.8) is 0 Å². The van der Waals surface area contributed by atoms with Crippen molar-refractivity contribution < 1.29 is 22.2 Å². The van der Waals surface area contributed by atoms with Crippen molar-refractivity contribution in [1.29, 1.82) is 0 Å². The number of furan rings is 1. The molecule has 0 N–H and O–H groups in total. The molecular weight excluding hydrogens is 1370 g/mol. The average Bonchev–Trinajstić information content (AvgIpc) is 1.30. The van der Waals surface area contributed by atoms with Crippen molar-refractivity contribution in [1.82, 2.24) is 13.7 Å². The topological polar surface area (TPSA) is 34.4 Å². The summed E-state index contributed by atoms with van der Waals surface area (Å²) in [6, 6.07) is 76.4. The van der Waals surface area contributed by atoms with Crippen LogP contribution in [0.5, 0.6) is 0 Å². The molecule has 19 aromatic rings. The maximum Gasteiger partial charge on any atom is 0.252 e. The van der Waals surface area contributed by atoms with Crippen LogP contribution in [-0.4, -0.2) is 20.4 Å². The van der Waals surface area contributed by atoms with E-state index in [9.17, 15) is 13.7 Å². The van der Waals surface area contributed by atoms with Crippen LogP contribution < -0.4 is 26.2 Å². The molecule has 0 bridgehead atoms. The molecule has 0 saturated carbocycles. The molecule has 0 unspecified atom stereocenters. The summed E-state index contributed by atoms with van der Waals surface area (Å²) in [5.41, 5.74) is 20.8. The van der Waals surface area contributed by atoms with E-state index in [0.29, 0.717) is 33.9 Å². The Balaban J connectivity index is 0.925. The maximum atomic E-state index is 10.1. The van der Waals surface area contributed by atoms with Crippen LogP contribution in [0.2, 0.25) is 0 Å². The van der Waals surface area contributed by atoms with E-state index >= 15 is 0 Å². The molecule has 0 fully saturated rings. The summed E-state index contributed by atoms with van der Waals surface area (Å²) in [5, 5.41) is 5.77. The number of hydrogen-bond acceptors (Lipinski definition) is 3. The van der Waals surface area contributed by atoms with Gasteiger partial charge in [-0.2, -0.15) is 0 Å². The van der Waals surface area contributed by atoms with Crippen molar-refractivity contribution >= 4 is 145 Å². The molecule has 2 aliphatic heterocycles. The van der Waals surface area contributed by atoms with Crippen molar-refractivity contribution in [3.05, 3.63) is 337 Å². The van der Waals surface area contributed by atoms with Gasteiger partial charge in [-0.3, -0.25) is 0 Å². The number of aromatic nitrogens is 3. The summed E-state index contributed by atoms with van der Waals surface area (Å²) in [5.74, 6) is 0. The molecule has 0 atom stereocenters. The minimum absolute atomic E-state index is 0.0521. The Morgan fingerprint density at radius 3 is 1.12 bits per heavy atom. The summed E-state index contributed by atoms with van der Waals surface area (Å²) >= 11 is 0.